The average molecular weight is 238 g/mol. The van der Waals surface area contributed by atoms with Crippen LogP contribution in [-0.4, -0.2) is 17.7 Å². The van der Waals surface area contributed by atoms with E-state index in [1.165, 1.54) is 6.20 Å². The van der Waals surface area contributed by atoms with Gasteiger partial charge in [-0.2, -0.15) is 13.2 Å². The summed E-state index contributed by atoms with van der Waals surface area (Å²) < 4.78 is 38.7. The normalized spacial score (nSPS) is 16.3. The topological polar surface area (TPSA) is 24.9 Å². The van der Waals surface area contributed by atoms with Gasteiger partial charge in [0.25, 0.3) is 0 Å². The molecule has 86 valence electrons. The molecule has 0 spiro atoms. The maximum Gasteiger partial charge on any atom is 0.412 e. The quantitative estimate of drug-likeness (QED) is 0.872. The maximum atomic E-state index is 12.9. The smallest absolute Gasteiger partial charge is 0.298 e. The molecule has 1 unspecified atom stereocenters. The van der Waals surface area contributed by atoms with Gasteiger partial charge in [0.1, 0.15) is 5.01 Å². The predicted molar refractivity (Wildman–Crippen MR) is 53.8 cm³/mol. The molecule has 0 aromatic carbocycles. The second-order valence-electron chi connectivity index (χ2n) is 3.39. The summed E-state index contributed by atoms with van der Waals surface area (Å²) in [5, 5.41) is 4.12. The summed E-state index contributed by atoms with van der Waals surface area (Å²) >= 11 is 1.01. The molecule has 1 aromatic rings. The van der Waals surface area contributed by atoms with Gasteiger partial charge in [-0.05, 0) is 19.9 Å². The number of nitrogens with zero attached hydrogens (tertiary/aromatic N) is 1. The van der Waals surface area contributed by atoms with Crippen LogP contribution >= 0.6 is 11.3 Å². The van der Waals surface area contributed by atoms with E-state index in [0.717, 1.165) is 18.3 Å². The molecule has 1 aromatic heterocycles. The maximum absolute atomic E-state index is 12.9. The number of hydrogen-bond donors (Lipinski definition) is 1. The summed E-state index contributed by atoms with van der Waals surface area (Å²) in [5.74, 6) is 0. The van der Waals surface area contributed by atoms with E-state index in [1.54, 1.807) is 5.38 Å². The van der Waals surface area contributed by atoms with E-state index in [2.05, 4.69) is 10.3 Å². The summed E-state index contributed by atoms with van der Waals surface area (Å²) in [6, 6.07) is 0. The van der Waals surface area contributed by atoms with Crippen LogP contribution in [-0.2, 0) is 5.54 Å². The van der Waals surface area contributed by atoms with E-state index in [9.17, 15) is 13.2 Å². The van der Waals surface area contributed by atoms with Gasteiger partial charge < -0.3 is 0 Å². The molecule has 1 N–H and O–H groups in total. The lowest BCUT2D eigenvalue weighted by molar-refractivity contribution is -0.195. The molecule has 0 saturated carbocycles. The Bertz CT molecular complexity index is 297. The van der Waals surface area contributed by atoms with Crippen LogP contribution in [0.4, 0.5) is 13.2 Å². The van der Waals surface area contributed by atoms with Crippen molar-refractivity contribution in [3.05, 3.63) is 16.6 Å². The van der Waals surface area contributed by atoms with Crippen LogP contribution in [0.1, 0.15) is 25.3 Å². The second-order valence-corrected chi connectivity index (χ2v) is 4.28. The molecule has 0 amide bonds. The molecular formula is C9H13F3N2S. The van der Waals surface area contributed by atoms with E-state index in [4.69, 9.17) is 0 Å². The molecule has 1 rings (SSSR count). The Morgan fingerprint density at radius 3 is 2.53 bits per heavy atom. The first-order valence-corrected chi connectivity index (χ1v) is 5.51. The summed E-state index contributed by atoms with van der Waals surface area (Å²) in [6.45, 7) is 3.27. The molecule has 6 heteroatoms. The summed E-state index contributed by atoms with van der Waals surface area (Å²) in [5.41, 5.74) is -2.03. The molecule has 2 nitrogen and oxygen atoms in total. The van der Waals surface area contributed by atoms with Crippen LogP contribution in [0, 0.1) is 0 Å². The Morgan fingerprint density at radius 1 is 1.47 bits per heavy atom. The fraction of sp³-hybridized carbons (Fsp3) is 0.667. The number of thiazole rings is 1. The van der Waals surface area contributed by atoms with E-state index in [0.29, 0.717) is 13.0 Å². The van der Waals surface area contributed by atoms with Crippen molar-refractivity contribution >= 4 is 11.3 Å². The minimum absolute atomic E-state index is 0.0588. The van der Waals surface area contributed by atoms with Crippen molar-refractivity contribution in [2.45, 2.75) is 32.0 Å². The van der Waals surface area contributed by atoms with Crippen molar-refractivity contribution in [3.8, 4) is 0 Å². The molecule has 0 radical (unpaired) electrons. The fourth-order valence-corrected chi connectivity index (χ4v) is 1.94. The Hall–Kier alpha value is -0.620. The lowest BCUT2D eigenvalue weighted by atomic mass is 10.0. The van der Waals surface area contributed by atoms with Crippen molar-refractivity contribution in [2.24, 2.45) is 0 Å². The fourth-order valence-electron chi connectivity index (χ4n) is 1.14. The van der Waals surface area contributed by atoms with Crippen LogP contribution in [0.15, 0.2) is 11.6 Å². The minimum atomic E-state index is -4.33. The molecule has 0 fully saturated rings. The highest BCUT2D eigenvalue weighted by molar-refractivity contribution is 7.09. The summed E-state index contributed by atoms with van der Waals surface area (Å²) in [6.07, 6.45) is -2.30. The SMILES string of the molecule is CCCNC(C)(c1nccs1)C(F)(F)F. The highest BCUT2D eigenvalue weighted by atomic mass is 32.1. The zero-order chi connectivity index (χ0) is 11.5. The predicted octanol–water partition coefficient (Wildman–Crippen LogP) is 2.92. The number of halogens is 3. The Balaban J connectivity index is 2.97. The summed E-state index contributed by atoms with van der Waals surface area (Å²) in [7, 11) is 0. The molecule has 15 heavy (non-hydrogen) atoms. The summed E-state index contributed by atoms with van der Waals surface area (Å²) in [4.78, 5) is 3.74. The number of rotatable bonds is 4. The standard InChI is InChI=1S/C9H13F3N2S/c1-3-4-14-8(2,9(10,11)12)7-13-5-6-15-7/h5-6,14H,3-4H2,1-2H3. The van der Waals surface area contributed by atoms with Crippen LogP contribution in [0.3, 0.4) is 0 Å². The molecule has 0 bridgehead atoms. The van der Waals surface area contributed by atoms with Gasteiger partial charge in [-0.1, -0.05) is 6.92 Å². The monoisotopic (exact) mass is 238 g/mol. The first kappa shape index (κ1) is 12.4. The molecule has 0 aliphatic rings. The van der Waals surface area contributed by atoms with E-state index in [-0.39, 0.29) is 5.01 Å². The van der Waals surface area contributed by atoms with E-state index >= 15 is 0 Å². The molecule has 1 atom stereocenters. The third kappa shape index (κ3) is 2.49. The van der Waals surface area contributed by atoms with Gasteiger partial charge in [-0.3, -0.25) is 5.32 Å². The van der Waals surface area contributed by atoms with Gasteiger partial charge in [0, 0.05) is 11.6 Å². The number of aromatic nitrogens is 1. The largest absolute Gasteiger partial charge is 0.412 e. The third-order valence-corrected chi connectivity index (χ3v) is 3.15. The lowest BCUT2D eigenvalue weighted by Gasteiger charge is -2.31. The minimum Gasteiger partial charge on any atom is -0.298 e. The van der Waals surface area contributed by atoms with Crippen molar-refractivity contribution in [3.63, 3.8) is 0 Å². The lowest BCUT2D eigenvalue weighted by Crippen LogP contribution is -2.51. The molecule has 0 aliphatic heterocycles. The van der Waals surface area contributed by atoms with Crippen LogP contribution in [0.5, 0.6) is 0 Å². The average Bonchev–Trinajstić information content (AvgIpc) is 2.65. The zero-order valence-corrected chi connectivity index (χ0v) is 9.37. The van der Waals surface area contributed by atoms with Gasteiger partial charge in [-0.15, -0.1) is 11.3 Å². The van der Waals surface area contributed by atoms with Crippen molar-refractivity contribution < 1.29 is 13.2 Å². The van der Waals surface area contributed by atoms with Gasteiger partial charge in [0.2, 0.25) is 0 Å². The molecule has 0 saturated heterocycles. The van der Waals surface area contributed by atoms with Crippen LogP contribution in [0.2, 0.25) is 0 Å². The van der Waals surface area contributed by atoms with Crippen molar-refractivity contribution in [1.82, 2.24) is 10.3 Å². The molecular weight excluding hydrogens is 225 g/mol. The number of nitrogens with one attached hydrogen (secondary N) is 1. The van der Waals surface area contributed by atoms with Gasteiger partial charge in [-0.25, -0.2) is 4.98 Å². The van der Waals surface area contributed by atoms with E-state index < -0.39 is 11.7 Å². The first-order chi connectivity index (χ1) is 6.92. The third-order valence-electron chi connectivity index (χ3n) is 2.16. The highest BCUT2D eigenvalue weighted by Crippen LogP contribution is 2.39. The number of hydrogen-bond acceptors (Lipinski definition) is 3. The second kappa shape index (κ2) is 4.49. The van der Waals surface area contributed by atoms with Crippen molar-refractivity contribution in [2.75, 3.05) is 6.54 Å². The highest BCUT2D eigenvalue weighted by Gasteiger charge is 2.53. The Kier molecular flexibility index (Phi) is 3.72. The van der Waals surface area contributed by atoms with Crippen LogP contribution in [0.25, 0.3) is 0 Å². The van der Waals surface area contributed by atoms with Crippen LogP contribution < -0.4 is 5.32 Å². The Morgan fingerprint density at radius 2 is 2.13 bits per heavy atom. The zero-order valence-electron chi connectivity index (χ0n) is 8.56. The van der Waals surface area contributed by atoms with Gasteiger partial charge >= 0.3 is 6.18 Å². The van der Waals surface area contributed by atoms with Gasteiger partial charge in [0.05, 0.1) is 0 Å². The van der Waals surface area contributed by atoms with E-state index in [1.807, 2.05) is 6.92 Å². The van der Waals surface area contributed by atoms with Crippen molar-refractivity contribution in [1.29, 1.82) is 0 Å². The van der Waals surface area contributed by atoms with Gasteiger partial charge in [0.15, 0.2) is 5.54 Å². The Labute approximate surface area is 90.5 Å². The molecule has 0 aliphatic carbocycles. The molecule has 1 heterocycles. The first-order valence-electron chi connectivity index (χ1n) is 4.63. The number of alkyl halides is 3.